The third kappa shape index (κ3) is 36.6. The number of carbonyl (C=O) groups is 1. The Morgan fingerprint density at radius 2 is 0.915 bits per heavy atom. The van der Waals surface area contributed by atoms with Crippen molar-refractivity contribution in [2.45, 2.75) is 287 Å². The lowest BCUT2D eigenvalue weighted by Crippen LogP contribution is -2.64. The molecule has 8 atom stereocenters. The number of allylic oxidation sites excluding steroid dienone is 9. The predicted octanol–water partition coefficient (Wildman–Crippen LogP) is 11.6. The van der Waals surface area contributed by atoms with E-state index in [1.807, 2.05) is 6.08 Å². The Hall–Kier alpha value is -2.00. The highest BCUT2D eigenvalue weighted by molar-refractivity contribution is 7.47. The van der Waals surface area contributed by atoms with Crippen molar-refractivity contribution in [2.75, 3.05) is 6.61 Å². The van der Waals surface area contributed by atoms with E-state index < -0.39 is 75.2 Å². The van der Waals surface area contributed by atoms with Gasteiger partial charge in [0.1, 0.15) is 36.6 Å². The number of rotatable bonds is 47. The molecule has 14 heteroatoms. The first-order chi connectivity index (χ1) is 34.3. The zero-order valence-corrected chi connectivity index (χ0v) is 45.3. The molecule has 0 heterocycles. The van der Waals surface area contributed by atoms with Crippen molar-refractivity contribution >= 4 is 13.7 Å². The van der Waals surface area contributed by atoms with Crippen LogP contribution in [0.25, 0.3) is 0 Å². The highest BCUT2D eigenvalue weighted by Crippen LogP contribution is 2.47. The van der Waals surface area contributed by atoms with Crippen molar-refractivity contribution in [1.29, 1.82) is 0 Å². The van der Waals surface area contributed by atoms with E-state index in [-0.39, 0.29) is 6.42 Å². The number of phosphoric ester groups is 1. The monoisotopic (exact) mass is 1030 g/mol. The van der Waals surface area contributed by atoms with E-state index in [2.05, 4.69) is 61.7 Å². The van der Waals surface area contributed by atoms with Crippen molar-refractivity contribution in [3.63, 3.8) is 0 Å². The smallest absolute Gasteiger partial charge is 0.393 e. The van der Waals surface area contributed by atoms with E-state index in [1.54, 1.807) is 6.08 Å². The third-order valence-corrected chi connectivity index (χ3v) is 14.3. The van der Waals surface area contributed by atoms with E-state index in [0.29, 0.717) is 19.3 Å². The van der Waals surface area contributed by atoms with Gasteiger partial charge in [-0.25, -0.2) is 4.57 Å². The molecule has 0 aromatic heterocycles. The van der Waals surface area contributed by atoms with Gasteiger partial charge < -0.3 is 46.0 Å². The first-order valence-corrected chi connectivity index (χ1v) is 29.8. The summed E-state index contributed by atoms with van der Waals surface area (Å²) in [6.45, 7) is 3.61. The summed E-state index contributed by atoms with van der Waals surface area (Å²) in [5.41, 5.74) is 0. The zero-order valence-electron chi connectivity index (χ0n) is 44.4. The number of carbonyl (C=O) groups excluding carboxylic acids is 1. The molecule has 0 radical (unpaired) electrons. The fourth-order valence-corrected chi connectivity index (χ4v) is 9.75. The topological polar surface area (TPSA) is 226 Å². The molecule has 0 saturated heterocycles. The zero-order chi connectivity index (χ0) is 52.2. The molecule has 9 N–H and O–H groups in total. The Labute approximate surface area is 431 Å². The summed E-state index contributed by atoms with van der Waals surface area (Å²) in [5, 5.41) is 74.5. The highest BCUT2D eigenvalue weighted by Gasteiger charge is 2.51. The maximum atomic E-state index is 13.0. The number of unbranched alkanes of at least 4 members (excludes halogenated alkanes) is 26. The molecule has 8 unspecified atom stereocenters. The molecule has 0 aromatic carbocycles. The summed E-state index contributed by atoms with van der Waals surface area (Å²) in [6.07, 6.45) is 45.1. The lowest BCUT2D eigenvalue weighted by atomic mass is 9.85. The normalized spacial score (nSPS) is 22.1. The van der Waals surface area contributed by atoms with Crippen molar-refractivity contribution in [1.82, 2.24) is 5.32 Å². The maximum Gasteiger partial charge on any atom is 0.472 e. The summed E-state index contributed by atoms with van der Waals surface area (Å²) in [4.78, 5) is 23.5. The average Bonchev–Trinajstić information content (AvgIpc) is 3.35. The molecule has 1 amide bonds. The molecule has 1 fully saturated rings. The quantitative estimate of drug-likeness (QED) is 0.0158. The number of aliphatic hydroxyl groups excluding tert-OH is 7. The van der Waals surface area contributed by atoms with Gasteiger partial charge in [0.05, 0.1) is 31.3 Å². The number of phosphoric acid groups is 1. The minimum Gasteiger partial charge on any atom is -0.393 e. The molecule has 1 aliphatic carbocycles. The van der Waals surface area contributed by atoms with Gasteiger partial charge in [0.25, 0.3) is 0 Å². The first kappa shape index (κ1) is 67.0. The lowest BCUT2D eigenvalue weighted by molar-refractivity contribution is -0.220. The third-order valence-electron chi connectivity index (χ3n) is 13.3. The van der Waals surface area contributed by atoms with Crippen molar-refractivity contribution in [3.05, 3.63) is 60.8 Å². The molecule has 13 nitrogen and oxygen atoms in total. The molecule has 0 spiro atoms. The molecule has 1 saturated carbocycles. The highest BCUT2D eigenvalue weighted by atomic mass is 31.2. The molecule has 0 bridgehead atoms. The van der Waals surface area contributed by atoms with Gasteiger partial charge in [-0.1, -0.05) is 216 Å². The van der Waals surface area contributed by atoms with Crippen LogP contribution in [0.15, 0.2) is 60.8 Å². The standard InChI is InChI=1S/C57H104NO12P/c1-3-5-7-9-11-13-15-16-17-18-19-20-21-22-23-24-25-26-27-28-29-30-31-32-33-34-35-36-38-40-42-44-48(59)46-51(61)58-49(50(60)45-43-41-39-37-14-12-10-8-6-4-2)47-69-71(67,68)70-57-55(65)53(63)52(62)54(64)56(57)66/h6,8,14,19-20,22-23,37,43,45,48-50,52-57,59-60,62-66H,3-5,7,9-13,15-18,21,24-36,38-42,44,46-47H2,1-2H3,(H,58,61)(H,67,68)/b8-6+,20-19-,23-22-,37-14+,45-43+. The number of nitrogens with one attached hydrogen (secondary N) is 1. The van der Waals surface area contributed by atoms with Gasteiger partial charge >= 0.3 is 7.82 Å². The summed E-state index contributed by atoms with van der Waals surface area (Å²) in [6, 6.07) is -1.26. The Bertz CT molecular complexity index is 1440. The van der Waals surface area contributed by atoms with Gasteiger partial charge in [0.2, 0.25) is 5.91 Å². The van der Waals surface area contributed by atoms with Crippen molar-refractivity contribution in [2.24, 2.45) is 0 Å². The number of amides is 1. The Balaban J connectivity index is 2.25. The van der Waals surface area contributed by atoms with Crippen LogP contribution in [0, 0.1) is 0 Å². The van der Waals surface area contributed by atoms with Gasteiger partial charge in [-0.05, 0) is 70.6 Å². The summed E-state index contributed by atoms with van der Waals surface area (Å²) >= 11 is 0. The van der Waals surface area contributed by atoms with Crippen LogP contribution < -0.4 is 5.32 Å². The number of hydrogen-bond acceptors (Lipinski definition) is 11. The van der Waals surface area contributed by atoms with Crippen LogP contribution in [-0.4, -0.2) is 108 Å². The second-order valence-corrected chi connectivity index (χ2v) is 21.3. The fourth-order valence-electron chi connectivity index (χ4n) is 8.78. The van der Waals surface area contributed by atoms with E-state index in [4.69, 9.17) is 9.05 Å². The van der Waals surface area contributed by atoms with Crippen molar-refractivity contribution in [3.8, 4) is 0 Å². The fraction of sp³-hybridized carbons (Fsp3) is 0.807. The van der Waals surface area contributed by atoms with Gasteiger partial charge in [-0.3, -0.25) is 13.8 Å². The molecule has 0 aliphatic heterocycles. The van der Waals surface area contributed by atoms with Gasteiger partial charge in [0, 0.05) is 0 Å². The van der Waals surface area contributed by atoms with E-state index >= 15 is 0 Å². The van der Waals surface area contributed by atoms with Crippen LogP contribution in [0.3, 0.4) is 0 Å². The van der Waals surface area contributed by atoms with E-state index in [0.717, 1.165) is 51.4 Å². The first-order valence-electron chi connectivity index (χ1n) is 28.3. The van der Waals surface area contributed by atoms with Crippen LogP contribution in [0.2, 0.25) is 0 Å². The minimum atomic E-state index is -5.15. The van der Waals surface area contributed by atoms with Crippen molar-refractivity contribution < 1.29 is 59.0 Å². The van der Waals surface area contributed by atoms with Crippen LogP contribution in [-0.2, 0) is 18.4 Å². The molecular formula is C57H104NO12P. The second kappa shape index (κ2) is 45.4. The van der Waals surface area contributed by atoms with E-state index in [1.165, 1.54) is 147 Å². The molecule has 71 heavy (non-hydrogen) atoms. The summed E-state index contributed by atoms with van der Waals surface area (Å²) in [7, 11) is -5.15. The maximum absolute atomic E-state index is 13.0. The molecule has 1 rings (SSSR count). The van der Waals surface area contributed by atoms with Crippen LogP contribution in [0.1, 0.15) is 232 Å². The van der Waals surface area contributed by atoms with E-state index in [9.17, 15) is 50.0 Å². The second-order valence-electron chi connectivity index (χ2n) is 19.9. The largest absolute Gasteiger partial charge is 0.472 e. The van der Waals surface area contributed by atoms with Crippen LogP contribution in [0.4, 0.5) is 0 Å². The number of hydrogen-bond donors (Lipinski definition) is 9. The van der Waals surface area contributed by atoms with Gasteiger partial charge in [0.15, 0.2) is 0 Å². The summed E-state index contributed by atoms with van der Waals surface area (Å²) in [5.74, 6) is -0.609. The molecule has 0 aromatic rings. The molecule has 414 valence electrons. The van der Waals surface area contributed by atoms with Gasteiger partial charge in [-0.15, -0.1) is 0 Å². The van der Waals surface area contributed by atoms with Crippen LogP contribution >= 0.6 is 7.82 Å². The number of aliphatic hydroxyl groups is 7. The van der Waals surface area contributed by atoms with Crippen LogP contribution in [0.5, 0.6) is 0 Å². The Morgan fingerprint density at radius 1 is 0.521 bits per heavy atom. The Morgan fingerprint density at radius 3 is 1.38 bits per heavy atom. The SMILES string of the molecule is CC/C=C/CC/C=C/CC/C=C/C(O)C(COP(=O)(O)OC1C(O)C(O)C(O)C(O)C1O)NC(=O)CC(O)CCCCCCCCCCCCCCCCC/C=C\C/C=C\CCCCCCCCCCC. The molecule has 1 aliphatic rings. The lowest BCUT2D eigenvalue weighted by Gasteiger charge is -2.41. The summed E-state index contributed by atoms with van der Waals surface area (Å²) < 4.78 is 22.9. The van der Waals surface area contributed by atoms with Gasteiger partial charge in [-0.2, -0.15) is 0 Å². The molecular weight excluding hydrogens is 922 g/mol. The minimum absolute atomic E-state index is 0.258. The predicted molar refractivity (Wildman–Crippen MR) is 289 cm³/mol. The Kier molecular flexibility index (Phi) is 42.8. The average molecular weight is 1030 g/mol.